The summed E-state index contributed by atoms with van der Waals surface area (Å²) in [5.74, 6) is -0.653. The SMILES string of the molecule is CCOC(=O)c1ccccc1NC(=O)CN[C@@H](C)c1ccc(CC)cc1. The predicted octanol–water partition coefficient (Wildman–Crippen LogP) is 3.72. The van der Waals surface area contributed by atoms with Crippen LogP contribution < -0.4 is 10.6 Å². The Morgan fingerprint density at radius 1 is 1.04 bits per heavy atom. The number of ether oxygens (including phenoxy) is 1. The van der Waals surface area contributed by atoms with Gasteiger partial charge in [-0.15, -0.1) is 0 Å². The topological polar surface area (TPSA) is 67.4 Å². The fourth-order valence-corrected chi connectivity index (χ4v) is 2.58. The molecule has 0 radical (unpaired) electrons. The number of carbonyl (C=O) groups is 2. The van der Waals surface area contributed by atoms with Gasteiger partial charge in [0.1, 0.15) is 0 Å². The molecule has 2 aromatic carbocycles. The van der Waals surface area contributed by atoms with Gasteiger partial charge in [0, 0.05) is 6.04 Å². The summed E-state index contributed by atoms with van der Waals surface area (Å²) in [4.78, 5) is 24.2. The highest BCUT2D eigenvalue weighted by molar-refractivity contribution is 6.01. The Labute approximate surface area is 154 Å². The number of hydrogen-bond acceptors (Lipinski definition) is 4. The first-order valence-electron chi connectivity index (χ1n) is 8.93. The first-order valence-corrected chi connectivity index (χ1v) is 8.93. The molecule has 5 heteroatoms. The molecule has 0 spiro atoms. The van der Waals surface area contributed by atoms with Crippen LogP contribution in [0.3, 0.4) is 0 Å². The van der Waals surface area contributed by atoms with Crippen molar-refractivity contribution in [3.8, 4) is 0 Å². The minimum absolute atomic E-state index is 0.0481. The molecule has 0 aliphatic heterocycles. The Bertz CT molecular complexity index is 741. The average molecular weight is 354 g/mol. The fraction of sp³-hybridized carbons (Fsp3) is 0.333. The number of aryl methyl sites for hydroxylation is 1. The van der Waals surface area contributed by atoms with E-state index >= 15 is 0 Å². The molecule has 0 saturated heterocycles. The highest BCUT2D eigenvalue weighted by Gasteiger charge is 2.14. The molecule has 0 aliphatic rings. The Morgan fingerprint density at radius 2 is 1.73 bits per heavy atom. The number of esters is 1. The van der Waals surface area contributed by atoms with Crippen molar-refractivity contribution in [2.45, 2.75) is 33.2 Å². The zero-order valence-electron chi connectivity index (χ0n) is 15.5. The molecule has 0 unspecified atom stereocenters. The third-order valence-corrected chi connectivity index (χ3v) is 4.15. The van der Waals surface area contributed by atoms with Crippen LogP contribution in [0.4, 0.5) is 5.69 Å². The number of hydrogen-bond donors (Lipinski definition) is 2. The van der Waals surface area contributed by atoms with Gasteiger partial charge in [0.15, 0.2) is 0 Å². The van der Waals surface area contributed by atoms with Crippen LogP contribution in [0.25, 0.3) is 0 Å². The number of anilines is 1. The summed E-state index contributed by atoms with van der Waals surface area (Å²) in [6.07, 6.45) is 1.00. The third-order valence-electron chi connectivity index (χ3n) is 4.15. The molecule has 0 saturated carbocycles. The van der Waals surface area contributed by atoms with E-state index in [-0.39, 0.29) is 25.1 Å². The minimum Gasteiger partial charge on any atom is -0.462 e. The monoisotopic (exact) mass is 354 g/mol. The molecule has 0 bridgehead atoms. The Kier molecular flexibility index (Phi) is 7.36. The summed E-state index contributed by atoms with van der Waals surface area (Å²) in [7, 11) is 0. The molecule has 26 heavy (non-hydrogen) atoms. The standard InChI is InChI=1S/C21H26N2O3/c1-4-16-10-12-17(13-11-16)15(3)22-14-20(24)23-19-9-7-6-8-18(19)21(25)26-5-2/h6-13,15,22H,4-5,14H2,1-3H3,(H,23,24)/t15-/m0/s1. The maximum absolute atomic E-state index is 12.3. The number of benzene rings is 2. The highest BCUT2D eigenvalue weighted by atomic mass is 16.5. The molecule has 1 amide bonds. The van der Waals surface area contributed by atoms with Crippen molar-refractivity contribution < 1.29 is 14.3 Å². The van der Waals surface area contributed by atoms with Crippen molar-refractivity contribution in [2.24, 2.45) is 0 Å². The molecule has 0 aliphatic carbocycles. The summed E-state index contributed by atoms with van der Waals surface area (Å²) < 4.78 is 5.02. The molecule has 2 N–H and O–H groups in total. The lowest BCUT2D eigenvalue weighted by molar-refractivity contribution is -0.115. The second-order valence-electron chi connectivity index (χ2n) is 6.01. The van der Waals surface area contributed by atoms with Crippen LogP contribution >= 0.6 is 0 Å². The van der Waals surface area contributed by atoms with Crippen molar-refractivity contribution in [3.63, 3.8) is 0 Å². The van der Waals surface area contributed by atoms with Gasteiger partial charge < -0.3 is 15.4 Å². The Morgan fingerprint density at radius 3 is 2.38 bits per heavy atom. The second kappa shape index (κ2) is 9.73. The van der Waals surface area contributed by atoms with Crippen molar-refractivity contribution in [3.05, 3.63) is 65.2 Å². The van der Waals surface area contributed by atoms with Gasteiger partial charge in [-0.25, -0.2) is 4.79 Å². The van der Waals surface area contributed by atoms with E-state index in [9.17, 15) is 9.59 Å². The lowest BCUT2D eigenvalue weighted by Gasteiger charge is -2.15. The molecule has 0 fully saturated rings. The summed E-state index contributed by atoms with van der Waals surface area (Å²) in [6, 6.07) is 15.2. The van der Waals surface area contributed by atoms with Crippen LogP contribution in [0, 0.1) is 0 Å². The molecule has 5 nitrogen and oxygen atoms in total. The quantitative estimate of drug-likeness (QED) is 0.709. The minimum atomic E-state index is -0.444. The number of para-hydroxylation sites is 1. The summed E-state index contributed by atoms with van der Waals surface area (Å²) in [6.45, 7) is 6.32. The molecule has 0 heterocycles. The van der Waals surface area contributed by atoms with Crippen LogP contribution in [0.5, 0.6) is 0 Å². The van der Waals surface area contributed by atoms with Crippen LogP contribution in [-0.4, -0.2) is 25.0 Å². The van der Waals surface area contributed by atoms with E-state index in [4.69, 9.17) is 4.74 Å². The summed E-state index contributed by atoms with van der Waals surface area (Å²) in [5.41, 5.74) is 3.22. The Balaban J connectivity index is 1.93. The number of carbonyl (C=O) groups excluding carboxylic acids is 2. The normalized spacial score (nSPS) is 11.7. The first kappa shape index (κ1) is 19.7. The van der Waals surface area contributed by atoms with Gasteiger partial charge in [0.25, 0.3) is 0 Å². The fourth-order valence-electron chi connectivity index (χ4n) is 2.58. The van der Waals surface area contributed by atoms with E-state index in [0.29, 0.717) is 11.3 Å². The van der Waals surface area contributed by atoms with Gasteiger partial charge in [-0.3, -0.25) is 4.79 Å². The van der Waals surface area contributed by atoms with E-state index in [1.165, 1.54) is 5.56 Å². The molecule has 138 valence electrons. The predicted molar refractivity (Wildman–Crippen MR) is 103 cm³/mol. The maximum atomic E-state index is 12.3. The molecular weight excluding hydrogens is 328 g/mol. The van der Waals surface area contributed by atoms with Crippen molar-refractivity contribution in [1.29, 1.82) is 0 Å². The lowest BCUT2D eigenvalue weighted by Crippen LogP contribution is -2.30. The lowest BCUT2D eigenvalue weighted by atomic mass is 10.1. The molecule has 2 rings (SSSR count). The molecule has 0 aromatic heterocycles. The second-order valence-corrected chi connectivity index (χ2v) is 6.01. The largest absolute Gasteiger partial charge is 0.462 e. The summed E-state index contributed by atoms with van der Waals surface area (Å²) >= 11 is 0. The van der Waals surface area contributed by atoms with E-state index < -0.39 is 5.97 Å². The van der Waals surface area contributed by atoms with Crippen molar-refractivity contribution >= 4 is 17.6 Å². The number of nitrogens with one attached hydrogen (secondary N) is 2. The Hall–Kier alpha value is -2.66. The van der Waals surface area contributed by atoms with Crippen LogP contribution in [-0.2, 0) is 16.0 Å². The van der Waals surface area contributed by atoms with Gasteiger partial charge in [0.05, 0.1) is 24.4 Å². The van der Waals surface area contributed by atoms with Crippen molar-refractivity contribution in [1.82, 2.24) is 5.32 Å². The zero-order valence-corrected chi connectivity index (χ0v) is 15.5. The smallest absolute Gasteiger partial charge is 0.340 e. The van der Waals surface area contributed by atoms with Crippen LogP contribution in [0.1, 0.15) is 48.3 Å². The molecular formula is C21H26N2O3. The van der Waals surface area contributed by atoms with E-state index in [2.05, 4.69) is 41.8 Å². The van der Waals surface area contributed by atoms with Gasteiger partial charge in [0.2, 0.25) is 5.91 Å². The van der Waals surface area contributed by atoms with Crippen LogP contribution in [0.15, 0.2) is 48.5 Å². The van der Waals surface area contributed by atoms with Gasteiger partial charge in [-0.2, -0.15) is 0 Å². The van der Waals surface area contributed by atoms with Gasteiger partial charge in [-0.1, -0.05) is 43.3 Å². The summed E-state index contributed by atoms with van der Waals surface area (Å²) in [5, 5.41) is 5.97. The van der Waals surface area contributed by atoms with Crippen molar-refractivity contribution in [2.75, 3.05) is 18.5 Å². The van der Waals surface area contributed by atoms with E-state index in [0.717, 1.165) is 12.0 Å². The maximum Gasteiger partial charge on any atom is 0.340 e. The first-order chi connectivity index (χ1) is 12.5. The van der Waals surface area contributed by atoms with E-state index in [1.54, 1.807) is 31.2 Å². The average Bonchev–Trinajstić information content (AvgIpc) is 2.66. The van der Waals surface area contributed by atoms with Gasteiger partial charge in [-0.05, 0) is 43.5 Å². The van der Waals surface area contributed by atoms with Crippen LogP contribution in [0.2, 0.25) is 0 Å². The zero-order chi connectivity index (χ0) is 18.9. The third kappa shape index (κ3) is 5.43. The molecule has 1 atom stereocenters. The van der Waals surface area contributed by atoms with E-state index in [1.807, 2.05) is 6.92 Å². The molecule has 2 aromatic rings. The van der Waals surface area contributed by atoms with Gasteiger partial charge >= 0.3 is 5.97 Å². The highest BCUT2D eigenvalue weighted by Crippen LogP contribution is 2.17. The number of rotatable bonds is 8. The number of amides is 1.